The third-order valence-corrected chi connectivity index (χ3v) is 6.28. The van der Waals surface area contributed by atoms with Crippen molar-refractivity contribution in [2.75, 3.05) is 44.2 Å². The summed E-state index contributed by atoms with van der Waals surface area (Å²) in [5.41, 5.74) is 3.25. The lowest BCUT2D eigenvalue weighted by molar-refractivity contribution is -0.00897. The lowest BCUT2D eigenvalue weighted by Crippen LogP contribution is -2.49. The van der Waals surface area contributed by atoms with Gasteiger partial charge in [-0.05, 0) is 66.6 Å². The highest BCUT2D eigenvalue weighted by Gasteiger charge is 2.22. The van der Waals surface area contributed by atoms with Crippen molar-refractivity contribution in [2.24, 2.45) is 0 Å². The van der Waals surface area contributed by atoms with Gasteiger partial charge in [0.15, 0.2) is 5.78 Å². The number of nitrogens with zero attached hydrogens (tertiary/aromatic N) is 2. The molecular weight excluding hydrogens is 450 g/mol. The zero-order valence-corrected chi connectivity index (χ0v) is 19.7. The van der Waals surface area contributed by atoms with Gasteiger partial charge in [-0.25, -0.2) is 8.78 Å². The maximum atomic E-state index is 13.4. The highest BCUT2D eigenvalue weighted by molar-refractivity contribution is 5.94. The van der Waals surface area contributed by atoms with E-state index in [2.05, 4.69) is 9.80 Å². The molecule has 5 nitrogen and oxygen atoms in total. The molecule has 0 radical (unpaired) electrons. The molecule has 0 spiro atoms. The smallest absolute Gasteiger partial charge is 0.159 e. The van der Waals surface area contributed by atoms with Gasteiger partial charge in [0.2, 0.25) is 0 Å². The van der Waals surface area contributed by atoms with Crippen LogP contribution in [0, 0.1) is 11.6 Å². The number of hydrogen-bond donors (Lipinski definition) is 1. The molecule has 0 bridgehead atoms. The SMILES string of the molecule is CC(=O)c1ccc(N2CCN(CC(O)COC(c3ccc(F)cc3)c3ccc(F)cc3)CC2)cc1. The van der Waals surface area contributed by atoms with Gasteiger partial charge < -0.3 is 14.7 Å². The van der Waals surface area contributed by atoms with E-state index in [4.69, 9.17) is 4.74 Å². The maximum Gasteiger partial charge on any atom is 0.159 e. The van der Waals surface area contributed by atoms with E-state index < -0.39 is 12.2 Å². The number of Topliss-reactive ketones (excluding diaryl/α,β-unsaturated/α-hetero) is 1. The van der Waals surface area contributed by atoms with Gasteiger partial charge >= 0.3 is 0 Å². The first-order valence-corrected chi connectivity index (χ1v) is 11.8. The minimum absolute atomic E-state index is 0.0543. The number of hydrogen-bond acceptors (Lipinski definition) is 5. The van der Waals surface area contributed by atoms with E-state index >= 15 is 0 Å². The van der Waals surface area contributed by atoms with Crippen LogP contribution in [0.2, 0.25) is 0 Å². The number of ether oxygens (including phenoxy) is 1. The molecule has 3 aromatic rings. The van der Waals surface area contributed by atoms with E-state index in [-0.39, 0.29) is 24.0 Å². The molecule has 1 fully saturated rings. The number of piperazine rings is 1. The first-order valence-electron chi connectivity index (χ1n) is 11.8. The zero-order valence-electron chi connectivity index (χ0n) is 19.7. The van der Waals surface area contributed by atoms with E-state index in [9.17, 15) is 18.7 Å². The van der Waals surface area contributed by atoms with Crippen LogP contribution < -0.4 is 4.90 Å². The summed E-state index contributed by atoms with van der Waals surface area (Å²) >= 11 is 0. The standard InChI is InChI=1S/C28H30F2N2O3/c1-20(33)21-6-12-26(13-7-21)32-16-14-31(15-17-32)18-27(34)19-35-28(22-2-8-24(29)9-3-22)23-4-10-25(30)11-5-23/h2-13,27-28,34H,14-19H2,1H3. The summed E-state index contributed by atoms with van der Waals surface area (Å²) < 4.78 is 32.9. The molecule has 1 aliphatic rings. The number of aliphatic hydroxyl groups is 1. The number of anilines is 1. The summed E-state index contributed by atoms with van der Waals surface area (Å²) in [7, 11) is 0. The fourth-order valence-corrected chi connectivity index (χ4v) is 4.31. The Hall–Kier alpha value is -3.13. The monoisotopic (exact) mass is 480 g/mol. The summed E-state index contributed by atoms with van der Waals surface area (Å²) in [6.45, 7) is 5.35. The lowest BCUT2D eigenvalue weighted by atomic mass is 10.0. The fraction of sp³-hybridized carbons (Fsp3) is 0.321. The van der Waals surface area contributed by atoms with Crippen molar-refractivity contribution in [3.8, 4) is 0 Å². The van der Waals surface area contributed by atoms with Gasteiger partial charge in [0.1, 0.15) is 17.7 Å². The van der Waals surface area contributed by atoms with Gasteiger partial charge in [0, 0.05) is 44.0 Å². The van der Waals surface area contributed by atoms with Gasteiger partial charge in [0.25, 0.3) is 0 Å². The largest absolute Gasteiger partial charge is 0.389 e. The highest BCUT2D eigenvalue weighted by atomic mass is 19.1. The van der Waals surface area contributed by atoms with Crippen molar-refractivity contribution in [2.45, 2.75) is 19.1 Å². The van der Waals surface area contributed by atoms with E-state index in [1.807, 2.05) is 24.3 Å². The summed E-state index contributed by atoms with van der Waals surface area (Å²) in [4.78, 5) is 15.9. The maximum absolute atomic E-state index is 13.4. The van der Waals surface area contributed by atoms with Crippen molar-refractivity contribution in [1.82, 2.24) is 4.90 Å². The zero-order chi connectivity index (χ0) is 24.8. The summed E-state index contributed by atoms with van der Waals surface area (Å²) in [5.74, 6) is -0.639. The predicted molar refractivity (Wildman–Crippen MR) is 132 cm³/mol. The van der Waals surface area contributed by atoms with Crippen molar-refractivity contribution < 1.29 is 23.4 Å². The van der Waals surface area contributed by atoms with Crippen LogP contribution in [0.1, 0.15) is 34.5 Å². The van der Waals surface area contributed by atoms with E-state index in [1.165, 1.54) is 24.3 Å². The lowest BCUT2D eigenvalue weighted by Gasteiger charge is -2.37. The molecule has 7 heteroatoms. The molecule has 0 aliphatic carbocycles. The van der Waals surface area contributed by atoms with E-state index in [0.717, 1.165) is 43.0 Å². The molecule has 1 N–H and O–H groups in total. The normalized spacial score (nSPS) is 15.4. The van der Waals surface area contributed by atoms with Crippen molar-refractivity contribution in [3.05, 3.63) is 101 Å². The molecule has 4 rings (SSSR count). The molecule has 0 saturated carbocycles. The minimum Gasteiger partial charge on any atom is -0.389 e. The Kier molecular flexibility index (Phi) is 8.23. The number of carbonyl (C=O) groups excluding carboxylic acids is 1. The molecule has 184 valence electrons. The molecule has 0 amide bonds. The molecule has 1 unspecified atom stereocenters. The average molecular weight is 481 g/mol. The Morgan fingerprint density at radius 2 is 1.37 bits per heavy atom. The average Bonchev–Trinajstić information content (AvgIpc) is 2.87. The van der Waals surface area contributed by atoms with Crippen LogP contribution in [0.5, 0.6) is 0 Å². The van der Waals surface area contributed by atoms with Crippen LogP contribution in [-0.4, -0.2) is 61.2 Å². The van der Waals surface area contributed by atoms with E-state index in [0.29, 0.717) is 12.1 Å². The Bertz CT molecular complexity index is 1050. The van der Waals surface area contributed by atoms with Crippen molar-refractivity contribution >= 4 is 11.5 Å². The molecule has 35 heavy (non-hydrogen) atoms. The second-order valence-electron chi connectivity index (χ2n) is 8.86. The van der Waals surface area contributed by atoms with Gasteiger partial charge in [0.05, 0.1) is 12.7 Å². The van der Waals surface area contributed by atoms with Crippen molar-refractivity contribution in [1.29, 1.82) is 0 Å². The third kappa shape index (κ3) is 6.72. The number of benzene rings is 3. The predicted octanol–water partition coefficient (Wildman–Crippen LogP) is 4.46. The Labute approximate surface area is 204 Å². The summed E-state index contributed by atoms with van der Waals surface area (Å²) in [5, 5.41) is 10.7. The van der Waals surface area contributed by atoms with Crippen LogP contribution in [0.15, 0.2) is 72.8 Å². The number of carbonyl (C=O) groups is 1. The quantitative estimate of drug-likeness (QED) is 0.459. The topological polar surface area (TPSA) is 53.0 Å². The molecule has 0 aromatic heterocycles. The molecular formula is C28H30F2N2O3. The van der Waals surface area contributed by atoms with Gasteiger partial charge in [-0.1, -0.05) is 24.3 Å². The van der Waals surface area contributed by atoms with Crippen LogP contribution in [0.25, 0.3) is 0 Å². The van der Waals surface area contributed by atoms with Crippen LogP contribution in [-0.2, 0) is 4.74 Å². The molecule has 1 heterocycles. The second kappa shape index (κ2) is 11.5. The van der Waals surface area contributed by atoms with Crippen molar-refractivity contribution in [3.63, 3.8) is 0 Å². The Morgan fingerprint density at radius 3 is 1.86 bits per heavy atom. The first kappa shape index (κ1) is 25.0. The summed E-state index contributed by atoms with van der Waals surface area (Å²) in [6, 6.07) is 19.6. The van der Waals surface area contributed by atoms with Gasteiger partial charge in [-0.3, -0.25) is 9.69 Å². The first-order chi connectivity index (χ1) is 16.9. The fourth-order valence-electron chi connectivity index (χ4n) is 4.31. The van der Waals surface area contributed by atoms with Gasteiger partial charge in [-0.2, -0.15) is 0 Å². The number of β-amino-alcohol motifs (C(OH)–C–C–N with tert-alkyl or cyclic N) is 1. The van der Waals surface area contributed by atoms with E-state index in [1.54, 1.807) is 31.2 Å². The molecule has 1 saturated heterocycles. The second-order valence-corrected chi connectivity index (χ2v) is 8.86. The van der Waals surface area contributed by atoms with Gasteiger partial charge in [-0.15, -0.1) is 0 Å². The number of rotatable bonds is 9. The third-order valence-electron chi connectivity index (χ3n) is 6.28. The Balaban J connectivity index is 1.31. The summed E-state index contributed by atoms with van der Waals surface area (Å²) in [6.07, 6.45) is -1.25. The van der Waals surface area contributed by atoms with Crippen LogP contribution in [0.3, 0.4) is 0 Å². The molecule has 1 aliphatic heterocycles. The Morgan fingerprint density at radius 1 is 0.857 bits per heavy atom. The van der Waals surface area contributed by atoms with Crippen LogP contribution >= 0.6 is 0 Å². The van der Waals surface area contributed by atoms with Crippen LogP contribution in [0.4, 0.5) is 14.5 Å². The number of halogens is 2. The molecule has 3 aromatic carbocycles. The highest BCUT2D eigenvalue weighted by Crippen LogP contribution is 2.27. The number of aliphatic hydroxyl groups excluding tert-OH is 1. The molecule has 1 atom stereocenters. The minimum atomic E-state index is -0.709. The number of ketones is 1.